The van der Waals surface area contributed by atoms with E-state index in [1.807, 2.05) is 24.3 Å². The first-order valence-electron chi connectivity index (χ1n) is 5.48. The molecule has 1 aliphatic carbocycles. The van der Waals surface area contributed by atoms with Gasteiger partial charge in [-0.2, -0.15) is 0 Å². The molecule has 98 valence electrons. The van der Waals surface area contributed by atoms with Crippen LogP contribution in [-0.2, 0) is 9.84 Å². The van der Waals surface area contributed by atoms with Crippen molar-refractivity contribution in [3.8, 4) is 5.75 Å². The normalized spacial score (nSPS) is 26.7. The molecule has 4 nitrogen and oxygen atoms in total. The first-order chi connectivity index (χ1) is 8.36. The van der Waals surface area contributed by atoms with E-state index in [1.165, 1.54) is 6.26 Å². The number of methoxy groups -OCH3 is 1. The number of nitrogens with two attached hydrogens (primary N) is 1. The summed E-state index contributed by atoms with van der Waals surface area (Å²) in [5.74, 6) is 0.369. The van der Waals surface area contributed by atoms with Crippen LogP contribution >= 0.6 is 12.2 Å². The molecule has 0 bridgehead atoms. The van der Waals surface area contributed by atoms with Crippen LogP contribution in [0.2, 0.25) is 0 Å². The third-order valence-corrected chi connectivity index (χ3v) is 5.12. The number of benzene rings is 1. The van der Waals surface area contributed by atoms with E-state index in [9.17, 15) is 8.42 Å². The van der Waals surface area contributed by atoms with Crippen molar-refractivity contribution in [3.63, 3.8) is 0 Å². The van der Waals surface area contributed by atoms with Crippen molar-refractivity contribution in [1.82, 2.24) is 0 Å². The van der Waals surface area contributed by atoms with E-state index in [0.717, 1.165) is 11.3 Å². The Morgan fingerprint density at radius 3 is 2.22 bits per heavy atom. The summed E-state index contributed by atoms with van der Waals surface area (Å²) in [5.41, 5.74) is 6.55. The number of rotatable bonds is 4. The van der Waals surface area contributed by atoms with Crippen molar-refractivity contribution in [2.45, 2.75) is 11.2 Å². The summed E-state index contributed by atoms with van der Waals surface area (Å²) in [6, 6.07) is 7.34. The van der Waals surface area contributed by atoms with Gasteiger partial charge in [0.25, 0.3) is 0 Å². The van der Waals surface area contributed by atoms with Gasteiger partial charge in [-0.3, -0.25) is 0 Å². The summed E-state index contributed by atoms with van der Waals surface area (Å²) in [4.78, 5) is 0.270. The lowest BCUT2D eigenvalue weighted by molar-refractivity contribution is 0.414. The number of ether oxygens (including phenoxy) is 1. The van der Waals surface area contributed by atoms with Crippen LogP contribution in [0.15, 0.2) is 24.3 Å². The maximum absolute atomic E-state index is 11.7. The molecule has 6 heteroatoms. The van der Waals surface area contributed by atoms with Crippen LogP contribution in [0.4, 0.5) is 0 Å². The van der Waals surface area contributed by atoms with Crippen molar-refractivity contribution < 1.29 is 13.2 Å². The fourth-order valence-electron chi connectivity index (χ4n) is 2.38. The molecule has 0 radical (unpaired) electrons. The predicted molar refractivity (Wildman–Crippen MR) is 74.6 cm³/mol. The Morgan fingerprint density at radius 2 is 1.89 bits per heavy atom. The van der Waals surface area contributed by atoms with Crippen molar-refractivity contribution in [2.75, 3.05) is 13.4 Å². The average Bonchev–Trinajstić information content (AvgIpc) is 3.04. The molecule has 0 unspecified atom stereocenters. The maximum atomic E-state index is 11.7. The van der Waals surface area contributed by atoms with Crippen molar-refractivity contribution in [3.05, 3.63) is 29.8 Å². The molecule has 18 heavy (non-hydrogen) atoms. The van der Waals surface area contributed by atoms with Gasteiger partial charge >= 0.3 is 0 Å². The van der Waals surface area contributed by atoms with E-state index in [1.54, 1.807) is 7.11 Å². The van der Waals surface area contributed by atoms with Gasteiger partial charge in [-0.05, 0) is 17.7 Å². The first kappa shape index (κ1) is 13.3. The van der Waals surface area contributed by atoms with E-state index in [0.29, 0.717) is 0 Å². The minimum atomic E-state index is -3.14. The van der Waals surface area contributed by atoms with Gasteiger partial charge in [0, 0.05) is 18.1 Å². The van der Waals surface area contributed by atoms with Gasteiger partial charge in [-0.1, -0.05) is 24.4 Å². The third-order valence-electron chi connectivity index (χ3n) is 3.28. The van der Waals surface area contributed by atoms with Crippen LogP contribution in [0.3, 0.4) is 0 Å². The Labute approximate surface area is 112 Å². The minimum Gasteiger partial charge on any atom is -0.497 e. The molecule has 0 saturated heterocycles. The summed E-state index contributed by atoms with van der Waals surface area (Å²) in [6.07, 6.45) is 1.23. The maximum Gasteiger partial charge on any atom is 0.151 e. The first-order valence-corrected chi connectivity index (χ1v) is 7.84. The fourth-order valence-corrected chi connectivity index (χ4v) is 4.37. The SMILES string of the molecule is COc1ccc([C@@H]2[C@@H](C(N)=S)[C@@H]2S(C)(=O)=O)cc1. The second-order valence-corrected chi connectivity index (χ2v) is 7.20. The highest BCUT2D eigenvalue weighted by Crippen LogP contribution is 2.52. The Balaban J connectivity index is 2.30. The fraction of sp³-hybridized carbons (Fsp3) is 0.417. The number of hydrogen-bond acceptors (Lipinski definition) is 4. The van der Waals surface area contributed by atoms with Crippen LogP contribution < -0.4 is 10.5 Å². The molecular weight excluding hydrogens is 270 g/mol. The summed E-state index contributed by atoms with van der Waals surface area (Å²) in [5, 5.41) is -0.483. The lowest BCUT2D eigenvalue weighted by Crippen LogP contribution is -2.16. The Morgan fingerprint density at radius 1 is 1.33 bits per heavy atom. The van der Waals surface area contributed by atoms with Gasteiger partial charge in [0.05, 0.1) is 17.3 Å². The number of sulfone groups is 1. The molecular formula is C12H15NO3S2. The van der Waals surface area contributed by atoms with E-state index in [2.05, 4.69) is 0 Å². The minimum absolute atomic E-state index is 0.122. The molecule has 0 aliphatic heterocycles. The van der Waals surface area contributed by atoms with Crippen molar-refractivity contribution in [2.24, 2.45) is 11.7 Å². The standard InChI is InChI=1S/C12H15NO3S2/c1-16-8-5-3-7(4-6-8)9-10(12(13)17)11(9)18(2,14)15/h3-6,9-11H,1-2H3,(H2,13,17)/t9-,10-,11-/m1/s1. The zero-order valence-electron chi connectivity index (χ0n) is 10.2. The molecule has 0 amide bonds. The van der Waals surface area contributed by atoms with E-state index in [-0.39, 0.29) is 16.8 Å². The van der Waals surface area contributed by atoms with Crippen LogP contribution in [0.1, 0.15) is 11.5 Å². The van der Waals surface area contributed by atoms with Gasteiger partial charge in [-0.15, -0.1) is 0 Å². The van der Waals surface area contributed by atoms with Crippen molar-refractivity contribution >= 4 is 27.0 Å². The molecule has 1 fully saturated rings. The number of thiocarbonyl (C=S) groups is 1. The monoisotopic (exact) mass is 285 g/mol. The topological polar surface area (TPSA) is 69.4 Å². The van der Waals surface area contributed by atoms with E-state index < -0.39 is 15.1 Å². The lowest BCUT2D eigenvalue weighted by atomic mass is 10.1. The zero-order chi connectivity index (χ0) is 13.5. The smallest absolute Gasteiger partial charge is 0.151 e. The largest absolute Gasteiger partial charge is 0.497 e. The van der Waals surface area contributed by atoms with Gasteiger partial charge in [0.2, 0.25) is 0 Å². The van der Waals surface area contributed by atoms with Gasteiger partial charge in [0.15, 0.2) is 9.84 Å². The molecule has 0 heterocycles. The molecule has 1 saturated carbocycles. The van der Waals surface area contributed by atoms with Crippen molar-refractivity contribution in [1.29, 1.82) is 0 Å². The second-order valence-electron chi connectivity index (χ2n) is 4.52. The Hall–Kier alpha value is -1.14. The van der Waals surface area contributed by atoms with E-state index >= 15 is 0 Å². The highest BCUT2D eigenvalue weighted by molar-refractivity contribution is 7.91. The molecule has 0 aromatic heterocycles. The van der Waals surface area contributed by atoms with Crippen LogP contribution in [0, 0.1) is 5.92 Å². The van der Waals surface area contributed by atoms with Gasteiger partial charge in [-0.25, -0.2) is 8.42 Å². The summed E-state index contributed by atoms with van der Waals surface area (Å²) >= 11 is 4.94. The Bertz CT molecular complexity index is 565. The van der Waals surface area contributed by atoms with Gasteiger partial charge < -0.3 is 10.5 Å². The quantitative estimate of drug-likeness (QED) is 0.839. The summed E-state index contributed by atoms with van der Waals surface area (Å²) in [6.45, 7) is 0. The van der Waals surface area contributed by atoms with E-state index in [4.69, 9.17) is 22.7 Å². The molecule has 1 aromatic carbocycles. The molecule has 1 aromatic rings. The van der Waals surface area contributed by atoms with Crippen LogP contribution in [0.25, 0.3) is 0 Å². The molecule has 1 aliphatic rings. The van der Waals surface area contributed by atoms with Gasteiger partial charge in [0.1, 0.15) is 5.75 Å². The number of hydrogen-bond donors (Lipinski definition) is 1. The van der Waals surface area contributed by atoms with Crippen LogP contribution in [-0.4, -0.2) is 32.0 Å². The molecule has 2 N–H and O–H groups in total. The highest BCUT2D eigenvalue weighted by atomic mass is 32.2. The lowest BCUT2D eigenvalue weighted by Gasteiger charge is -2.02. The third kappa shape index (κ3) is 2.35. The highest BCUT2D eigenvalue weighted by Gasteiger charge is 2.58. The average molecular weight is 285 g/mol. The predicted octanol–water partition coefficient (Wildman–Crippen LogP) is 1.11. The summed E-state index contributed by atoms with van der Waals surface area (Å²) < 4.78 is 28.4. The summed E-state index contributed by atoms with van der Waals surface area (Å²) in [7, 11) is -1.55. The van der Waals surface area contributed by atoms with Crippen LogP contribution in [0.5, 0.6) is 5.75 Å². The molecule has 3 atom stereocenters. The molecule has 0 spiro atoms. The second kappa shape index (κ2) is 4.51. The Kier molecular flexibility index (Phi) is 3.33. The molecule has 2 rings (SSSR count). The zero-order valence-corrected chi connectivity index (χ0v) is 11.8.